The molecule has 15 heavy (non-hydrogen) atoms. The van der Waals surface area contributed by atoms with Gasteiger partial charge in [-0.05, 0) is 5.56 Å². The summed E-state index contributed by atoms with van der Waals surface area (Å²) in [6, 6.07) is 3.90. The molecule has 0 aliphatic carbocycles. The van der Waals surface area contributed by atoms with Crippen molar-refractivity contribution in [2.75, 3.05) is 12.0 Å². The molecule has 0 aliphatic rings. The molecule has 1 rings (SSSR count). The van der Waals surface area contributed by atoms with Crippen LogP contribution >= 0.6 is 0 Å². The fraction of sp³-hybridized carbons (Fsp3) is 0.364. The number of aryl methyl sites for hydroxylation is 1. The Labute approximate surface area is 91.0 Å². The van der Waals surface area contributed by atoms with Crippen LogP contribution < -0.4 is 4.57 Å². The molecule has 0 saturated heterocycles. The Morgan fingerprint density at radius 3 is 2.47 bits per heavy atom. The molecule has 0 N–H and O–H groups in total. The molecule has 3 nitrogen and oxygen atoms in total. The van der Waals surface area contributed by atoms with Gasteiger partial charge in [-0.3, -0.25) is 0 Å². The summed E-state index contributed by atoms with van der Waals surface area (Å²) in [6.07, 6.45) is 7.55. The van der Waals surface area contributed by atoms with E-state index >= 15 is 0 Å². The zero-order valence-electron chi connectivity index (χ0n) is 8.89. The minimum absolute atomic E-state index is 0.239. The standard InChI is InChI=1S/C11H16NO2S/c1-3-11-5-8-12(9-6-11)7-4-10-15(2,13)14/h3,5-6,8-9H,1,4,7,10H2,2H3/q+1. The van der Waals surface area contributed by atoms with E-state index in [1.807, 2.05) is 29.1 Å². The molecular formula is C11H16NO2S+. The van der Waals surface area contributed by atoms with Gasteiger partial charge in [0.15, 0.2) is 12.4 Å². The van der Waals surface area contributed by atoms with E-state index in [0.29, 0.717) is 6.42 Å². The van der Waals surface area contributed by atoms with Gasteiger partial charge in [-0.1, -0.05) is 12.7 Å². The molecule has 0 amide bonds. The molecule has 0 fully saturated rings. The Kier molecular flexibility index (Phi) is 4.03. The topological polar surface area (TPSA) is 38.0 Å². The summed E-state index contributed by atoms with van der Waals surface area (Å²) >= 11 is 0. The first-order valence-electron chi connectivity index (χ1n) is 4.80. The van der Waals surface area contributed by atoms with Gasteiger partial charge in [-0.2, -0.15) is 0 Å². The Morgan fingerprint density at radius 2 is 2.00 bits per heavy atom. The molecular weight excluding hydrogens is 210 g/mol. The van der Waals surface area contributed by atoms with Crippen molar-refractivity contribution in [2.24, 2.45) is 0 Å². The molecule has 0 aromatic carbocycles. The predicted octanol–water partition coefficient (Wildman–Crippen LogP) is 1.05. The van der Waals surface area contributed by atoms with Gasteiger partial charge in [0, 0.05) is 24.8 Å². The number of rotatable bonds is 5. The molecule has 1 heterocycles. The predicted molar refractivity (Wildman–Crippen MR) is 61.1 cm³/mol. The maximum atomic E-state index is 10.9. The minimum atomic E-state index is -2.84. The fourth-order valence-corrected chi connectivity index (χ4v) is 1.92. The summed E-state index contributed by atoms with van der Waals surface area (Å²) in [6.45, 7) is 4.39. The van der Waals surface area contributed by atoms with E-state index in [2.05, 4.69) is 6.58 Å². The van der Waals surface area contributed by atoms with Crippen molar-refractivity contribution in [1.29, 1.82) is 0 Å². The first-order valence-corrected chi connectivity index (χ1v) is 6.86. The Morgan fingerprint density at radius 1 is 1.40 bits per heavy atom. The third-order valence-electron chi connectivity index (χ3n) is 2.08. The van der Waals surface area contributed by atoms with Crippen LogP contribution in [0.3, 0.4) is 0 Å². The Balaban J connectivity index is 2.48. The summed E-state index contributed by atoms with van der Waals surface area (Å²) in [7, 11) is -2.84. The molecule has 0 aliphatic heterocycles. The zero-order valence-corrected chi connectivity index (χ0v) is 9.70. The lowest BCUT2D eigenvalue weighted by molar-refractivity contribution is -0.696. The number of pyridine rings is 1. The highest BCUT2D eigenvalue weighted by Gasteiger charge is 2.05. The van der Waals surface area contributed by atoms with E-state index in [1.54, 1.807) is 6.08 Å². The minimum Gasteiger partial charge on any atom is -0.229 e. The second-order valence-electron chi connectivity index (χ2n) is 3.56. The monoisotopic (exact) mass is 226 g/mol. The third-order valence-corrected chi connectivity index (χ3v) is 3.11. The number of hydrogen-bond acceptors (Lipinski definition) is 2. The summed E-state index contributed by atoms with van der Waals surface area (Å²) in [5.41, 5.74) is 1.06. The molecule has 0 radical (unpaired) electrons. The lowest BCUT2D eigenvalue weighted by Gasteiger charge is -1.97. The van der Waals surface area contributed by atoms with Gasteiger partial charge in [0.1, 0.15) is 16.4 Å². The lowest BCUT2D eigenvalue weighted by atomic mass is 10.3. The largest absolute Gasteiger partial charge is 0.229 e. The van der Waals surface area contributed by atoms with Gasteiger partial charge in [-0.15, -0.1) is 0 Å². The van der Waals surface area contributed by atoms with Crippen LogP contribution in [0.5, 0.6) is 0 Å². The fourth-order valence-electron chi connectivity index (χ4n) is 1.26. The van der Waals surface area contributed by atoms with Crippen molar-refractivity contribution in [3.8, 4) is 0 Å². The van der Waals surface area contributed by atoms with Crippen molar-refractivity contribution in [3.05, 3.63) is 36.7 Å². The second kappa shape index (κ2) is 5.07. The Bertz CT molecular complexity index is 420. The van der Waals surface area contributed by atoms with E-state index < -0.39 is 9.84 Å². The molecule has 0 bridgehead atoms. The van der Waals surface area contributed by atoms with E-state index in [9.17, 15) is 8.42 Å². The zero-order chi connectivity index (χ0) is 11.3. The first kappa shape index (κ1) is 11.9. The van der Waals surface area contributed by atoms with Crippen molar-refractivity contribution >= 4 is 15.9 Å². The highest BCUT2D eigenvalue weighted by molar-refractivity contribution is 7.90. The van der Waals surface area contributed by atoms with Crippen molar-refractivity contribution < 1.29 is 13.0 Å². The van der Waals surface area contributed by atoms with Crippen LogP contribution in [0.4, 0.5) is 0 Å². The smallest absolute Gasteiger partial charge is 0.169 e. The number of aromatic nitrogens is 1. The molecule has 0 atom stereocenters. The van der Waals surface area contributed by atoms with Crippen LogP contribution in [0.15, 0.2) is 31.1 Å². The van der Waals surface area contributed by atoms with Crippen molar-refractivity contribution in [3.63, 3.8) is 0 Å². The molecule has 82 valence electrons. The maximum absolute atomic E-state index is 10.9. The van der Waals surface area contributed by atoms with Crippen molar-refractivity contribution in [1.82, 2.24) is 0 Å². The molecule has 0 spiro atoms. The van der Waals surface area contributed by atoms with Crippen LogP contribution in [0.2, 0.25) is 0 Å². The molecule has 4 heteroatoms. The molecule has 0 saturated carbocycles. The van der Waals surface area contributed by atoms with Gasteiger partial charge in [-0.25, -0.2) is 13.0 Å². The van der Waals surface area contributed by atoms with E-state index in [-0.39, 0.29) is 5.75 Å². The number of sulfone groups is 1. The molecule has 1 aromatic heterocycles. The molecule has 1 aromatic rings. The summed E-state index contributed by atoms with van der Waals surface area (Å²) in [4.78, 5) is 0. The number of nitrogens with zero attached hydrogens (tertiary/aromatic N) is 1. The van der Waals surface area contributed by atoms with Gasteiger partial charge in [0.05, 0.1) is 5.75 Å². The van der Waals surface area contributed by atoms with E-state index in [4.69, 9.17) is 0 Å². The lowest BCUT2D eigenvalue weighted by Crippen LogP contribution is -2.33. The third kappa shape index (κ3) is 4.74. The average molecular weight is 226 g/mol. The summed E-state index contributed by atoms with van der Waals surface area (Å²) in [5.74, 6) is 0.239. The van der Waals surface area contributed by atoms with E-state index in [0.717, 1.165) is 12.1 Å². The van der Waals surface area contributed by atoms with Crippen LogP contribution in [0.1, 0.15) is 12.0 Å². The van der Waals surface area contributed by atoms with Crippen molar-refractivity contribution in [2.45, 2.75) is 13.0 Å². The van der Waals surface area contributed by atoms with Gasteiger partial charge in [0.25, 0.3) is 0 Å². The summed E-state index contributed by atoms with van der Waals surface area (Å²) in [5, 5.41) is 0. The van der Waals surface area contributed by atoms with Gasteiger partial charge < -0.3 is 0 Å². The highest BCUT2D eigenvalue weighted by Crippen LogP contribution is 1.96. The van der Waals surface area contributed by atoms with Crippen LogP contribution in [-0.2, 0) is 16.4 Å². The second-order valence-corrected chi connectivity index (χ2v) is 5.82. The molecule has 0 unspecified atom stereocenters. The summed E-state index contributed by atoms with van der Waals surface area (Å²) < 4.78 is 23.8. The number of hydrogen-bond donors (Lipinski definition) is 0. The Hall–Kier alpha value is -1.16. The van der Waals surface area contributed by atoms with Gasteiger partial charge >= 0.3 is 0 Å². The van der Waals surface area contributed by atoms with Crippen LogP contribution in [0, 0.1) is 0 Å². The SMILES string of the molecule is C=Cc1cc[n+](CCCS(C)(=O)=O)cc1. The van der Waals surface area contributed by atoms with Gasteiger partial charge in [0.2, 0.25) is 0 Å². The van der Waals surface area contributed by atoms with Crippen LogP contribution in [-0.4, -0.2) is 20.4 Å². The first-order chi connectivity index (χ1) is 7.01. The maximum Gasteiger partial charge on any atom is 0.169 e. The quantitative estimate of drug-likeness (QED) is 0.704. The van der Waals surface area contributed by atoms with E-state index in [1.165, 1.54) is 6.26 Å². The van der Waals surface area contributed by atoms with Crippen LogP contribution in [0.25, 0.3) is 6.08 Å². The highest BCUT2D eigenvalue weighted by atomic mass is 32.2. The normalized spacial score (nSPS) is 11.3. The average Bonchev–Trinajstić information content (AvgIpc) is 2.17.